The van der Waals surface area contributed by atoms with Gasteiger partial charge in [-0.3, -0.25) is 0 Å². The average molecular weight is 418 g/mol. The molecular weight excluding hydrogens is 400 g/mol. The summed E-state index contributed by atoms with van der Waals surface area (Å²) in [5, 5.41) is 10.1. The third-order valence-electron chi connectivity index (χ3n) is 6.18. The summed E-state index contributed by atoms with van der Waals surface area (Å²) in [6.45, 7) is 3.80. The van der Waals surface area contributed by atoms with Gasteiger partial charge in [-0.05, 0) is 47.0 Å². The number of ether oxygens (including phenoxy) is 2. The third kappa shape index (κ3) is 2.47. The van der Waals surface area contributed by atoms with Crippen molar-refractivity contribution in [2.45, 2.75) is 5.60 Å². The molecule has 0 saturated heterocycles. The number of phenols is 1. The molecule has 4 aromatic carbocycles. The van der Waals surface area contributed by atoms with Crippen molar-refractivity contribution in [1.29, 1.82) is 0 Å². The summed E-state index contributed by atoms with van der Waals surface area (Å²) in [6, 6.07) is 26.3. The largest absolute Gasteiger partial charge is 0.508 e. The van der Waals surface area contributed by atoms with E-state index in [-0.39, 0.29) is 11.7 Å². The van der Waals surface area contributed by atoms with Crippen molar-refractivity contribution in [2.24, 2.45) is 0 Å². The molecule has 1 spiro atoms. The fraction of sp³-hybridized carbons (Fsp3) is 0.0357. The molecule has 2 aliphatic rings. The van der Waals surface area contributed by atoms with Crippen LogP contribution in [0.4, 0.5) is 0 Å². The van der Waals surface area contributed by atoms with Crippen LogP contribution in [0.2, 0.25) is 0 Å². The van der Waals surface area contributed by atoms with Crippen LogP contribution >= 0.6 is 0 Å². The van der Waals surface area contributed by atoms with E-state index in [2.05, 4.69) is 6.58 Å². The summed E-state index contributed by atoms with van der Waals surface area (Å²) in [6.07, 6.45) is 1.80. The number of hydrogen-bond acceptors (Lipinski definition) is 4. The van der Waals surface area contributed by atoms with E-state index >= 15 is 0 Å². The van der Waals surface area contributed by atoms with Gasteiger partial charge in [-0.15, -0.1) is 0 Å². The van der Waals surface area contributed by atoms with Crippen molar-refractivity contribution in [3.63, 3.8) is 0 Å². The molecule has 4 heteroatoms. The molecule has 2 aliphatic heterocycles. The van der Waals surface area contributed by atoms with Gasteiger partial charge in [0.2, 0.25) is 0 Å². The molecule has 0 radical (unpaired) electrons. The summed E-state index contributed by atoms with van der Waals surface area (Å²) in [7, 11) is 0. The van der Waals surface area contributed by atoms with Gasteiger partial charge in [-0.1, -0.05) is 61.2 Å². The highest BCUT2D eigenvalue weighted by atomic mass is 16.6. The first-order valence-electron chi connectivity index (χ1n) is 10.3. The first-order valence-corrected chi connectivity index (χ1v) is 10.3. The summed E-state index contributed by atoms with van der Waals surface area (Å²) < 4.78 is 12.4. The van der Waals surface area contributed by atoms with Gasteiger partial charge in [0.15, 0.2) is 5.60 Å². The van der Waals surface area contributed by atoms with Crippen LogP contribution < -0.4 is 4.74 Å². The number of rotatable bonds is 2. The van der Waals surface area contributed by atoms with Crippen molar-refractivity contribution in [3.8, 4) is 28.4 Å². The molecular formula is C28H18O4. The average Bonchev–Trinajstić information content (AvgIpc) is 3.12. The zero-order valence-electron chi connectivity index (χ0n) is 17.0. The van der Waals surface area contributed by atoms with Gasteiger partial charge >= 0.3 is 5.97 Å². The Bertz CT molecular complexity index is 1420. The van der Waals surface area contributed by atoms with Crippen LogP contribution in [0, 0.1) is 0 Å². The molecule has 0 aromatic heterocycles. The summed E-state index contributed by atoms with van der Waals surface area (Å²) >= 11 is 0. The molecule has 32 heavy (non-hydrogen) atoms. The molecule has 4 aromatic rings. The van der Waals surface area contributed by atoms with Gasteiger partial charge < -0.3 is 14.6 Å². The van der Waals surface area contributed by atoms with Crippen LogP contribution in [-0.2, 0) is 10.3 Å². The SMILES string of the molecule is C=Cc1ccc(-c2ccc3c(c2)Oc2cc(O)ccc2C32OC(=O)c3ccccc32)cc1. The van der Waals surface area contributed by atoms with Crippen LogP contribution in [0.5, 0.6) is 17.2 Å². The second kappa shape index (κ2) is 6.59. The second-order valence-electron chi connectivity index (χ2n) is 7.94. The van der Waals surface area contributed by atoms with Gasteiger partial charge in [-0.2, -0.15) is 0 Å². The minimum atomic E-state index is -1.13. The Balaban J connectivity index is 1.60. The smallest absolute Gasteiger partial charge is 0.340 e. The van der Waals surface area contributed by atoms with Crippen LogP contribution in [0.25, 0.3) is 17.2 Å². The molecule has 1 N–H and O–H groups in total. The van der Waals surface area contributed by atoms with E-state index in [1.807, 2.05) is 60.7 Å². The highest BCUT2D eigenvalue weighted by Gasteiger charge is 2.53. The third-order valence-corrected chi connectivity index (χ3v) is 6.18. The van der Waals surface area contributed by atoms with Gasteiger partial charge in [0.25, 0.3) is 0 Å². The van der Waals surface area contributed by atoms with Crippen molar-refractivity contribution >= 4 is 12.0 Å². The number of carbonyl (C=O) groups excluding carboxylic acids is 1. The summed E-state index contributed by atoms with van der Waals surface area (Å²) in [4.78, 5) is 12.9. The Morgan fingerprint density at radius 2 is 1.47 bits per heavy atom. The van der Waals surface area contributed by atoms with Crippen molar-refractivity contribution in [2.75, 3.05) is 0 Å². The monoisotopic (exact) mass is 418 g/mol. The number of phenolic OH excluding ortho intramolecular Hbond substituents is 1. The lowest BCUT2D eigenvalue weighted by Gasteiger charge is -2.36. The van der Waals surface area contributed by atoms with E-state index in [0.29, 0.717) is 22.6 Å². The molecule has 2 heterocycles. The van der Waals surface area contributed by atoms with E-state index in [4.69, 9.17) is 9.47 Å². The zero-order valence-corrected chi connectivity index (χ0v) is 17.0. The Kier molecular flexibility index (Phi) is 3.80. The van der Waals surface area contributed by atoms with Crippen LogP contribution in [0.1, 0.15) is 32.6 Å². The molecule has 0 amide bonds. The zero-order chi connectivity index (χ0) is 21.9. The highest BCUT2D eigenvalue weighted by molar-refractivity contribution is 5.97. The van der Waals surface area contributed by atoms with E-state index in [0.717, 1.165) is 27.8 Å². The maximum Gasteiger partial charge on any atom is 0.340 e. The first kappa shape index (κ1) is 18.5. The minimum Gasteiger partial charge on any atom is -0.508 e. The Morgan fingerprint density at radius 1 is 0.781 bits per heavy atom. The molecule has 1 unspecified atom stereocenters. The lowest BCUT2D eigenvalue weighted by Crippen LogP contribution is -2.32. The quantitative estimate of drug-likeness (QED) is 0.390. The molecule has 4 nitrogen and oxygen atoms in total. The number of fused-ring (bicyclic) bond motifs is 6. The number of carbonyl (C=O) groups is 1. The van der Waals surface area contributed by atoms with Crippen molar-refractivity contribution < 1.29 is 19.4 Å². The molecule has 0 aliphatic carbocycles. The fourth-order valence-electron chi connectivity index (χ4n) is 4.66. The van der Waals surface area contributed by atoms with Crippen molar-refractivity contribution in [3.05, 3.63) is 119 Å². The van der Waals surface area contributed by atoms with Crippen LogP contribution in [0.3, 0.4) is 0 Å². The van der Waals surface area contributed by atoms with E-state index < -0.39 is 5.60 Å². The summed E-state index contributed by atoms with van der Waals surface area (Å²) in [5.74, 6) is 0.742. The minimum absolute atomic E-state index is 0.0797. The lowest BCUT2D eigenvalue weighted by molar-refractivity contribution is 0.0224. The van der Waals surface area contributed by atoms with E-state index in [9.17, 15) is 9.90 Å². The van der Waals surface area contributed by atoms with Crippen LogP contribution in [-0.4, -0.2) is 11.1 Å². The Morgan fingerprint density at radius 3 is 2.25 bits per heavy atom. The molecule has 154 valence electrons. The predicted molar refractivity (Wildman–Crippen MR) is 122 cm³/mol. The van der Waals surface area contributed by atoms with E-state index in [1.165, 1.54) is 0 Å². The fourth-order valence-corrected chi connectivity index (χ4v) is 4.66. The summed E-state index contributed by atoms with van der Waals surface area (Å²) in [5.41, 5.74) is 4.64. The second-order valence-corrected chi connectivity index (χ2v) is 7.94. The number of esters is 1. The standard InChI is InChI=1S/C28H18O4/c1-2-17-7-9-18(10-8-17)19-11-13-23-25(15-19)31-26-16-20(29)12-14-24(26)28(23)22-6-4-3-5-21(22)27(30)32-28/h2-16,29H,1H2. The highest BCUT2D eigenvalue weighted by Crippen LogP contribution is 2.56. The van der Waals surface area contributed by atoms with Crippen LogP contribution in [0.15, 0.2) is 91.5 Å². The van der Waals surface area contributed by atoms with Gasteiger partial charge in [0.05, 0.1) is 5.56 Å². The Hall–Kier alpha value is -4.31. The number of benzene rings is 4. The van der Waals surface area contributed by atoms with Crippen molar-refractivity contribution in [1.82, 2.24) is 0 Å². The molecule has 0 saturated carbocycles. The number of aromatic hydroxyl groups is 1. The van der Waals surface area contributed by atoms with Gasteiger partial charge in [0.1, 0.15) is 17.2 Å². The molecule has 1 atom stereocenters. The molecule has 6 rings (SSSR count). The first-order chi connectivity index (χ1) is 15.6. The normalized spacial score (nSPS) is 17.7. The van der Waals surface area contributed by atoms with Gasteiger partial charge in [0, 0.05) is 22.8 Å². The predicted octanol–water partition coefficient (Wildman–Crippen LogP) is 6.27. The maximum absolute atomic E-state index is 12.9. The van der Waals surface area contributed by atoms with Gasteiger partial charge in [-0.25, -0.2) is 4.79 Å². The number of hydrogen-bond donors (Lipinski definition) is 1. The lowest BCUT2D eigenvalue weighted by atomic mass is 9.77. The Labute approximate surface area is 185 Å². The molecule has 0 bridgehead atoms. The topological polar surface area (TPSA) is 55.8 Å². The maximum atomic E-state index is 12.9. The van der Waals surface area contributed by atoms with E-state index in [1.54, 1.807) is 30.3 Å². The molecule has 0 fully saturated rings.